The van der Waals surface area contributed by atoms with E-state index in [9.17, 15) is 0 Å². The van der Waals surface area contributed by atoms with Crippen molar-refractivity contribution in [1.82, 2.24) is 9.80 Å². The fourth-order valence-electron chi connectivity index (χ4n) is 3.48. The van der Waals surface area contributed by atoms with Gasteiger partial charge in [-0.15, -0.1) is 0 Å². The number of hydrogen-bond acceptors (Lipinski definition) is 3. The quantitative estimate of drug-likeness (QED) is 0.863. The smallest absolute Gasteiger partial charge is 0.0928 e. The lowest BCUT2D eigenvalue weighted by atomic mass is 9.77. The van der Waals surface area contributed by atoms with Crippen LogP contribution in [-0.4, -0.2) is 53.1 Å². The number of piperazine rings is 1. The molecular weight excluding hydrogens is 278 g/mol. The van der Waals surface area contributed by atoms with Crippen LogP contribution in [0.15, 0.2) is 24.3 Å². The van der Waals surface area contributed by atoms with E-state index in [0.717, 1.165) is 32.1 Å². The molecule has 2 N–H and O–H groups in total. The first kappa shape index (κ1) is 14.9. The average molecular weight is 303 g/mol. The number of nitrogens with zero attached hydrogens (tertiary/aromatic N) is 2. The minimum absolute atomic E-state index is 0.162. The summed E-state index contributed by atoms with van der Waals surface area (Å²) in [6.45, 7) is 9.80. The van der Waals surface area contributed by atoms with Gasteiger partial charge in [-0.2, -0.15) is 0 Å². The highest BCUT2D eigenvalue weighted by Gasteiger charge is 2.34. The molecule has 1 aromatic carbocycles. The maximum absolute atomic E-state index is 5.88. The monoisotopic (exact) mass is 303 g/mol. The first-order chi connectivity index (χ1) is 9.98. The van der Waals surface area contributed by atoms with Gasteiger partial charge >= 0.3 is 0 Å². The Kier molecular flexibility index (Phi) is 4.04. The molecule has 0 spiro atoms. The van der Waals surface area contributed by atoms with Gasteiger partial charge in [0.1, 0.15) is 0 Å². The molecule has 1 fully saturated rings. The molecule has 0 radical (unpaired) electrons. The minimum Gasteiger partial charge on any atom is -0.392 e. The third kappa shape index (κ3) is 2.85. The van der Waals surface area contributed by atoms with Crippen molar-refractivity contribution in [1.29, 1.82) is 0 Å². The summed E-state index contributed by atoms with van der Waals surface area (Å²) in [5.41, 5.74) is 8.81. The summed E-state index contributed by atoms with van der Waals surface area (Å²) in [5.74, 6) is 0.733. The predicted octanol–water partition coefficient (Wildman–Crippen LogP) is 2.01. The molecule has 1 aliphatic heterocycles. The van der Waals surface area contributed by atoms with Gasteiger partial charge in [-0.25, -0.2) is 0 Å². The number of thiocarbonyl (C=S) groups is 1. The Labute approximate surface area is 133 Å². The minimum atomic E-state index is -0.162. The van der Waals surface area contributed by atoms with Gasteiger partial charge in [0.2, 0.25) is 0 Å². The highest BCUT2D eigenvalue weighted by Crippen LogP contribution is 2.35. The van der Waals surface area contributed by atoms with Crippen LogP contribution in [0.5, 0.6) is 0 Å². The number of benzene rings is 1. The fraction of sp³-hybridized carbons (Fsp3) is 0.588. The van der Waals surface area contributed by atoms with Gasteiger partial charge in [0.05, 0.1) is 10.5 Å². The molecule has 1 aliphatic carbocycles. The van der Waals surface area contributed by atoms with Crippen LogP contribution in [0.2, 0.25) is 0 Å². The van der Waals surface area contributed by atoms with E-state index in [1.54, 1.807) is 5.56 Å². The van der Waals surface area contributed by atoms with E-state index < -0.39 is 0 Å². The summed E-state index contributed by atoms with van der Waals surface area (Å²) in [5, 5.41) is 0. The maximum atomic E-state index is 5.88. The second-order valence-corrected chi connectivity index (χ2v) is 7.25. The Morgan fingerprint density at radius 2 is 1.90 bits per heavy atom. The zero-order chi connectivity index (χ0) is 15.0. The zero-order valence-electron chi connectivity index (χ0n) is 13.0. The Bertz CT molecular complexity index is 533. The molecule has 0 bridgehead atoms. The first-order valence-corrected chi connectivity index (χ1v) is 8.24. The zero-order valence-corrected chi connectivity index (χ0v) is 13.8. The highest BCUT2D eigenvalue weighted by atomic mass is 32.1. The van der Waals surface area contributed by atoms with Crippen LogP contribution in [-0.2, 0) is 6.42 Å². The van der Waals surface area contributed by atoms with Crippen molar-refractivity contribution in [2.45, 2.75) is 31.7 Å². The van der Waals surface area contributed by atoms with Crippen LogP contribution in [0.4, 0.5) is 0 Å². The molecule has 1 saturated heterocycles. The second-order valence-electron chi connectivity index (χ2n) is 6.81. The van der Waals surface area contributed by atoms with Crippen molar-refractivity contribution in [3.05, 3.63) is 35.4 Å². The molecule has 0 aromatic heterocycles. The second kappa shape index (κ2) is 5.67. The molecule has 2 aliphatic rings. The van der Waals surface area contributed by atoms with Crippen molar-refractivity contribution in [2.75, 3.05) is 32.7 Å². The summed E-state index contributed by atoms with van der Waals surface area (Å²) >= 11 is 5.21. The maximum Gasteiger partial charge on any atom is 0.0928 e. The van der Waals surface area contributed by atoms with Crippen molar-refractivity contribution >= 4 is 17.2 Å². The van der Waals surface area contributed by atoms with Crippen LogP contribution < -0.4 is 5.73 Å². The van der Waals surface area contributed by atoms with Crippen molar-refractivity contribution < 1.29 is 0 Å². The van der Waals surface area contributed by atoms with Gasteiger partial charge in [-0.05, 0) is 31.4 Å². The number of fused-ring (bicyclic) bond motifs is 1. The van der Waals surface area contributed by atoms with Crippen molar-refractivity contribution in [2.24, 2.45) is 5.73 Å². The van der Waals surface area contributed by atoms with Gasteiger partial charge in [-0.1, -0.05) is 36.5 Å². The van der Waals surface area contributed by atoms with E-state index in [4.69, 9.17) is 18.0 Å². The van der Waals surface area contributed by atoms with Gasteiger partial charge in [0.25, 0.3) is 0 Å². The highest BCUT2D eigenvalue weighted by molar-refractivity contribution is 7.80. The summed E-state index contributed by atoms with van der Waals surface area (Å²) in [6, 6.07) is 8.85. The Morgan fingerprint density at radius 1 is 1.24 bits per heavy atom. The van der Waals surface area contributed by atoms with Crippen LogP contribution >= 0.6 is 12.2 Å². The Morgan fingerprint density at radius 3 is 2.52 bits per heavy atom. The third-order valence-electron chi connectivity index (χ3n) is 5.21. The lowest BCUT2D eigenvalue weighted by Crippen LogP contribution is -2.59. The largest absolute Gasteiger partial charge is 0.392 e. The number of rotatable bonds is 4. The van der Waals surface area contributed by atoms with E-state index in [0.29, 0.717) is 4.99 Å². The normalized spacial score (nSPS) is 23.4. The molecule has 1 heterocycles. The molecule has 0 saturated carbocycles. The predicted molar refractivity (Wildman–Crippen MR) is 91.8 cm³/mol. The summed E-state index contributed by atoms with van der Waals surface area (Å²) in [6.07, 6.45) is 1.24. The molecule has 3 rings (SSSR count). The molecular formula is C17H25N3S. The lowest BCUT2D eigenvalue weighted by molar-refractivity contribution is 0.0810. The van der Waals surface area contributed by atoms with Gasteiger partial charge in [0, 0.05) is 38.6 Å². The summed E-state index contributed by atoms with van der Waals surface area (Å²) in [4.78, 5) is 5.61. The fourth-order valence-corrected chi connectivity index (χ4v) is 3.61. The molecule has 21 heavy (non-hydrogen) atoms. The van der Waals surface area contributed by atoms with Crippen molar-refractivity contribution in [3.8, 4) is 0 Å². The molecule has 114 valence electrons. The molecule has 3 nitrogen and oxygen atoms in total. The Hall–Kier alpha value is -0.970. The number of nitrogens with two attached hydrogens (primary N) is 1. The topological polar surface area (TPSA) is 32.5 Å². The van der Waals surface area contributed by atoms with E-state index >= 15 is 0 Å². The van der Waals surface area contributed by atoms with E-state index in [2.05, 4.69) is 47.9 Å². The van der Waals surface area contributed by atoms with Crippen molar-refractivity contribution in [3.63, 3.8) is 0 Å². The Balaban J connectivity index is 1.53. The van der Waals surface area contributed by atoms with Crippen LogP contribution in [0.25, 0.3) is 0 Å². The molecule has 1 atom stereocenters. The first-order valence-electron chi connectivity index (χ1n) is 7.83. The average Bonchev–Trinajstić information content (AvgIpc) is 2.45. The van der Waals surface area contributed by atoms with Gasteiger partial charge < -0.3 is 10.6 Å². The standard InChI is InChI=1S/C17H25N3S/c1-17(2,16(18)21)20-9-7-19(8-10-20)12-14-11-13-5-3-4-6-15(13)14/h3-6,14H,7-12H2,1-2H3,(H2,18,21). The van der Waals surface area contributed by atoms with E-state index in [1.807, 2.05) is 0 Å². The van der Waals surface area contributed by atoms with E-state index in [1.165, 1.54) is 18.5 Å². The van der Waals surface area contributed by atoms with Crippen LogP contribution in [0.1, 0.15) is 30.9 Å². The van der Waals surface area contributed by atoms with Gasteiger partial charge in [-0.3, -0.25) is 4.90 Å². The van der Waals surface area contributed by atoms with Crippen LogP contribution in [0, 0.1) is 0 Å². The third-order valence-corrected chi connectivity index (χ3v) is 5.71. The summed E-state index contributed by atoms with van der Waals surface area (Å²) in [7, 11) is 0. The molecule has 0 amide bonds. The molecule has 1 unspecified atom stereocenters. The van der Waals surface area contributed by atoms with E-state index in [-0.39, 0.29) is 5.54 Å². The summed E-state index contributed by atoms with van der Waals surface area (Å²) < 4.78 is 0. The van der Waals surface area contributed by atoms with Gasteiger partial charge in [0.15, 0.2) is 0 Å². The molecule has 4 heteroatoms. The number of hydrogen-bond donors (Lipinski definition) is 1. The molecule has 1 aromatic rings. The van der Waals surface area contributed by atoms with Crippen LogP contribution in [0.3, 0.4) is 0 Å². The SMILES string of the molecule is CC(C)(C(N)=S)N1CCN(CC2Cc3ccccc32)CC1. The lowest BCUT2D eigenvalue weighted by Gasteiger charge is -2.45.